The Hall–Kier alpha value is -1.28. The number of halogens is 4. The van der Waals surface area contributed by atoms with Crippen LogP contribution in [0.25, 0.3) is 0 Å². The summed E-state index contributed by atoms with van der Waals surface area (Å²) in [5.74, 6) is -1.21. The number of nitrogens with zero attached hydrogens (tertiary/aromatic N) is 1. The first-order valence-corrected chi connectivity index (χ1v) is 9.27. The molecule has 0 bridgehead atoms. The molecule has 0 aromatic heterocycles. The molecule has 2 amide bonds. The first kappa shape index (κ1) is 18.5. The molecular weight excluding hydrogens is 497 g/mol. The number of aryl methyl sites for hydroxylation is 1. The van der Waals surface area contributed by atoms with Crippen molar-refractivity contribution in [3.05, 3.63) is 66.3 Å². The molecule has 8 heteroatoms. The molecular formula is C17H10Cl3IN2O2. The molecule has 1 heterocycles. The molecule has 0 unspecified atom stereocenters. The van der Waals surface area contributed by atoms with Gasteiger partial charge in [0.15, 0.2) is 0 Å². The van der Waals surface area contributed by atoms with Crippen molar-refractivity contribution in [2.45, 2.75) is 6.92 Å². The van der Waals surface area contributed by atoms with Gasteiger partial charge in [0.2, 0.25) is 0 Å². The second kappa shape index (κ2) is 7.15. The van der Waals surface area contributed by atoms with E-state index in [0.717, 1.165) is 14.0 Å². The summed E-state index contributed by atoms with van der Waals surface area (Å²) in [6.45, 7) is 1.90. The normalized spacial score (nSPS) is 14.5. The molecule has 1 aliphatic heterocycles. The maximum absolute atomic E-state index is 12.8. The van der Waals surface area contributed by atoms with E-state index in [1.165, 1.54) is 12.1 Å². The molecule has 0 saturated carbocycles. The number of carbonyl (C=O) groups is 2. The van der Waals surface area contributed by atoms with Crippen LogP contribution in [-0.4, -0.2) is 11.8 Å². The number of amides is 2. The van der Waals surface area contributed by atoms with Crippen molar-refractivity contribution >= 4 is 80.6 Å². The largest absolute Gasteiger partial charge is 0.349 e. The molecule has 0 saturated heterocycles. The van der Waals surface area contributed by atoms with Crippen LogP contribution in [0.5, 0.6) is 0 Å². The number of carbonyl (C=O) groups excluding carboxylic acids is 2. The van der Waals surface area contributed by atoms with Crippen molar-refractivity contribution in [3.63, 3.8) is 0 Å². The van der Waals surface area contributed by atoms with Crippen LogP contribution in [0.2, 0.25) is 10.0 Å². The zero-order valence-corrected chi connectivity index (χ0v) is 17.2. The Morgan fingerprint density at radius 2 is 1.72 bits per heavy atom. The van der Waals surface area contributed by atoms with Gasteiger partial charge in [0, 0.05) is 14.3 Å². The highest BCUT2D eigenvalue weighted by Gasteiger charge is 2.39. The standard InChI is InChI=1S/C17H10Cl3IN2O2/c1-8-6-10(21)3-4-12(8)22-15-14(20)16(24)23(17(15)25)13-5-2-9(18)7-11(13)19/h2-7,22H,1H3. The fourth-order valence-corrected chi connectivity index (χ4v) is 3.75. The molecule has 128 valence electrons. The fraction of sp³-hybridized carbons (Fsp3) is 0.0588. The number of imide groups is 1. The fourth-order valence-electron chi connectivity index (χ4n) is 2.39. The number of rotatable bonds is 3. The van der Waals surface area contributed by atoms with Crippen LogP contribution in [0.4, 0.5) is 11.4 Å². The van der Waals surface area contributed by atoms with Crippen molar-refractivity contribution in [1.82, 2.24) is 0 Å². The number of benzene rings is 2. The minimum Gasteiger partial charge on any atom is -0.349 e. The van der Waals surface area contributed by atoms with Gasteiger partial charge in [-0.15, -0.1) is 0 Å². The van der Waals surface area contributed by atoms with E-state index in [1.807, 2.05) is 25.1 Å². The average molecular weight is 508 g/mol. The van der Waals surface area contributed by atoms with Crippen LogP contribution in [0.15, 0.2) is 47.1 Å². The Balaban J connectivity index is 1.96. The third-order valence-corrected chi connectivity index (χ3v) is 5.19. The van der Waals surface area contributed by atoms with Gasteiger partial charge >= 0.3 is 0 Å². The Kier molecular flexibility index (Phi) is 5.29. The van der Waals surface area contributed by atoms with Crippen LogP contribution in [-0.2, 0) is 9.59 Å². The molecule has 4 nitrogen and oxygen atoms in total. The predicted octanol–water partition coefficient (Wildman–Crippen LogP) is 5.34. The lowest BCUT2D eigenvalue weighted by Crippen LogP contribution is -2.32. The third kappa shape index (κ3) is 3.51. The van der Waals surface area contributed by atoms with Gasteiger partial charge in [-0.1, -0.05) is 34.8 Å². The lowest BCUT2D eigenvalue weighted by Gasteiger charge is -2.17. The molecule has 0 spiro atoms. The molecule has 0 aliphatic carbocycles. The van der Waals surface area contributed by atoms with Crippen LogP contribution < -0.4 is 10.2 Å². The quantitative estimate of drug-likeness (QED) is 0.451. The Morgan fingerprint density at radius 1 is 1.00 bits per heavy atom. The van der Waals surface area contributed by atoms with Crippen molar-refractivity contribution in [3.8, 4) is 0 Å². The highest BCUT2D eigenvalue weighted by molar-refractivity contribution is 14.1. The highest BCUT2D eigenvalue weighted by Crippen LogP contribution is 2.35. The summed E-state index contributed by atoms with van der Waals surface area (Å²) in [5, 5.41) is 3.36. The summed E-state index contributed by atoms with van der Waals surface area (Å²) in [6.07, 6.45) is 0. The zero-order chi connectivity index (χ0) is 18.3. The van der Waals surface area contributed by atoms with E-state index in [2.05, 4.69) is 27.9 Å². The lowest BCUT2D eigenvalue weighted by molar-refractivity contribution is -0.120. The molecule has 2 aromatic rings. The molecule has 2 aromatic carbocycles. The molecule has 0 fully saturated rings. The first-order chi connectivity index (χ1) is 11.8. The SMILES string of the molecule is Cc1cc(I)ccc1NC1=C(Cl)C(=O)N(c2ccc(Cl)cc2Cl)C1=O. The van der Waals surface area contributed by atoms with Gasteiger partial charge in [-0.3, -0.25) is 9.59 Å². The van der Waals surface area contributed by atoms with Gasteiger partial charge in [0.1, 0.15) is 10.7 Å². The molecule has 1 N–H and O–H groups in total. The summed E-state index contributed by atoms with van der Waals surface area (Å²) in [7, 11) is 0. The third-order valence-electron chi connectivity index (χ3n) is 3.63. The van der Waals surface area contributed by atoms with Crippen LogP contribution >= 0.6 is 57.4 Å². The van der Waals surface area contributed by atoms with E-state index < -0.39 is 11.8 Å². The van der Waals surface area contributed by atoms with E-state index >= 15 is 0 Å². The average Bonchev–Trinajstić information content (AvgIpc) is 2.74. The number of hydrogen-bond acceptors (Lipinski definition) is 3. The second-order valence-corrected chi connectivity index (χ2v) is 7.78. The number of anilines is 2. The van der Waals surface area contributed by atoms with E-state index in [1.54, 1.807) is 6.07 Å². The van der Waals surface area contributed by atoms with E-state index in [9.17, 15) is 9.59 Å². The van der Waals surface area contributed by atoms with Crippen LogP contribution in [0, 0.1) is 10.5 Å². The molecule has 3 rings (SSSR count). The Labute approximate surface area is 172 Å². The smallest absolute Gasteiger partial charge is 0.283 e. The van der Waals surface area contributed by atoms with Gasteiger partial charge in [0.25, 0.3) is 11.8 Å². The second-order valence-electron chi connectivity index (χ2n) is 5.31. The van der Waals surface area contributed by atoms with E-state index in [-0.39, 0.29) is 21.4 Å². The summed E-state index contributed by atoms with van der Waals surface area (Å²) in [4.78, 5) is 26.2. The van der Waals surface area contributed by atoms with Crippen LogP contribution in [0.3, 0.4) is 0 Å². The van der Waals surface area contributed by atoms with Crippen molar-refractivity contribution in [2.75, 3.05) is 10.2 Å². The molecule has 25 heavy (non-hydrogen) atoms. The number of hydrogen-bond donors (Lipinski definition) is 1. The Morgan fingerprint density at radius 3 is 2.36 bits per heavy atom. The van der Waals surface area contributed by atoms with Crippen molar-refractivity contribution in [2.24, 2.45) is 0 Å². The highest BCUT2D eigenvalue weighted by atomic mass is 127. The zero-order valence-electron chi connectivity index (χ0n) is 12.7. The summed E-state index contributed by atoms with van der Waals surface area (Å²) < 4.78 is 1.06. The molecule has 0 radical (unpaired) electrons. The topological polar surface area (TPSA) is 49.4 Å². The molecule has 0 atom stereocenters. The maximum Gasteiger partial charge on any atom is 0.283 e. The first-order valence-electron chi connectivity index (χ1n) is 7.06. The minimum atomic E-state index is -0.637. The van der Waals surface area contributed by atoms with E-state index in [0.29, 0.717) is 10.7 Å². The van der Waals surface area contributed by atoms with Gasteiger partial charge in [0.05, 0.1) is 10.7 Å². The molecule has 1 aliphatic rings. The summed E-state index contributed by atoms with van der Waals surface area (Å²) in [6, 6.07) is 10.2. The van der Waals surface area contributed by atoms with Gasteiger partial charge < -0.3 is 5.32 Å². The van der Waals surface area contributed by atoms with Crippen molar-refractivity contribution < 1.29 is 9.59 Å². The lowest BCUT2D eigenvalue weighted by atomic mass is 10.2. The monoisotopic (exact) mass is 506 g/mol. The van der Waals surface area contributed by atoms with Gasteiger partial charge in [-0.25, -0.2) is 4.90 Å². The maximum atomic E-state index is 12.8. The van der Waals surface area contributed by atoms with E-state index in [4.69, 9.17) is 34.8 Å². The van der Waals surface area contributed by atoms with Gasteiger partial charge in [-0.2, -0.15) is 0 Å². The van der Waals surface area contributed by atoms with Crippen LogP contribution in [0.1, 0.15) is 5.56 Å². The summed E-state index contributed by atoms with van der Waals surface area (Å²) in [5.41, 5.74) is 1.86. The summed E-state index contributed by atoms with van der Waals surface area (Å²) >= 11 is 20.3. The predicted molar refractivity (Wildman–Crippen MR) is 109 cm³/mol. The van der Waals surface area contributed by atoms with Gasteiger partial charge in [-0.05, 0) is 71.5 Å². The van der Waals surface area contributed by atoms with Crippen molar-refractivity contribution in [1.29, 1.82) is 0 Å². The Bertz CT molecular complexity index is 943. The minimum absolute atomic E-state index is 0.0157. The number of nitrogens with one attached hydrogen (secondary N) is 1.